The molecule has 0 aromatic carbocycles. The van der Waals surface area contributed by atoms with Crippen LogP contribution < -0.4 is 0 Å². The van der Waals surface area contributed by atoms with E-state index in [4.69, 9.17) is 5.11 Å². The van der Waals surface area contributed by atoms with E-state index in [9.17, 15) is 9.59 Å². The van der Waals surface area contributed by atoms with Gasteiger partial charge < -0.3 is 10.0 Å². The van der Waals surface area contributed by atoms with Crippen molar-refractivity contribution in [3.63, 3.8) is 0 Å². The summed E-state index contributed by atoms with van der Waals surface area (Å²) in [5.74, 6) is -0.254. The highest BCUT2D eigenvalue weighted by molar-refractivity contribution is 5.95. The highest BCUT2D eigenvalue weighted by Crippen LogP contribution is 2.25. The van der Waals surface area contributed by atoms with Gasteiger partial charge in [-0.25, -0.2) is 0 Å². The fourth-order valence-corrected chi connectivity index (χ4v) is 3.08. The molecule has 1 aliphatic rings. The van der Waals surface area contributed by atoms with Gasteiger partial charge in [0, 0.05) is 32.8 Å². The molecule has 0 radical (unpaired) electrons. The van der Waals surface area contributed by atoms with Gasteiger partial charge in [-0.3, -0.25) is 14.3 Å². The first-order valence-electron chi connectivity index (χ1n) is 7.93. The molecule has 2 rings (SSSR count). The third-order valence-electron chi connectivity index (χ3n) is 4.21. The summed E-state index contributed by atoms with van der Waals surface area (Å²) in [4.78, 5) is 25.3. The molecule has 1 unspecified atom stereocenters. The number of aryl methyl sites for hydroxylation is 1. The van der Waals surface area contributed by atoms with Crippen molar-refractivity contribution in [1.29, 1.82) is 0 Å². The molecular formula is C16H25N3O3. The van der Waals surface area contributed by atoms with Crippen LogP contribution in [-0.4, -0.2) is 44.8 Å². The number of amides is 1. The summed E-state index contributed by atoms with van der Waals surface area (Å²) in [7, 11) is 1.83. The maximum absolute atomic E-state index is 12.8. The number of aromatic nitrogens is 2. The minimum atomic E-state index is -0.766. The monoisotopic (exact) mass is 307 g/mol. The Hall–Kier alpha value is -1.85. The molecule has 1 fully saturated rings. The summed E-state index contributed by atoms with van der Waals surface area (Å²) in [6.07, 6.45) is 4.55. The Kier molecular flexibility index (Phi) is 5.21. The molecule has 0 bridgehead atoms. The van der Waals surface area contributed by atoms with Crippen molar-refractivity contribution < 1.29 is 14.7 Å². The Bertz CT molecular complexity index is 551. The number of nitrogens with zero attached hydrogens (tertiary/aromatic N) is 3. The number of carbonyl (C=O) groups is 2. The molecular weight excluding hydrogens is 282 g/mol. The summed E-state index contributed by atoms with van der Waals surface area (Å²) in [6, 6.07) is 0. The first kappa shape index (κ1) is 16.5. The smallest absolute Gasteiger partial charge is 0.303 e. The van der Waals surface area contributed by atoms with Crippen molar-refractivity contribution in [1.82, 2.24) is 14.7 Å². The average Bonchev–Trinajstić information content (AvgIpc) is 2.87. The first-order chi connectivity index (χ1) is 10.4. The van der Waals surface area contributed by atoms with Crippen molar-refractivity contribution in [2.45, 2.75) is 45.4 Å². The van der Waals surface area contributed by atoms with E-state index in [1.165, 1.54) is 0 Å². The molecule has 1 N–H and O–H groups in total. The molecule has 0 saturated carbocycles. The summed E-state index contributed by atoms with van der Waals surface area (Å²) < 4.78 is 1.69. The molecule has 6 nitrogen and oxygen atoms in total. The first-order valence-corrected chi connectivity index (χ1v) is 7.93. The average molecular weight is 307 g/mol. The van der Waals surface area contributed by atoms with Gasteiger partial charge in [0.1, 0.15) is 0 Å². The quantitative estimate of drug-likeness (QED) is 0.905. The van der Waals surface area contributed by atoms with Crippen LogP contribution in [-0.2, 0) is 11.8 Å². The van der Waals surface area contributed by atoms with Crippen LogP contribution in [0.4, 0.5) is 0 Å². The number of carbonyl (C=O) groups excluding carboxylic acids is 1. The van der Waals surface area contributed by atoms with Crippen molar-refractivity contribution in [2.24, 2.45) is 13.0 Å². The molecule has 1 atom stereocenters. The number of likely N-dealkylation sites (tertiary alicyclic amines) is 1. The molecule has 1 aliphatic heterocycles. The third kappa shape index (κ3) is 3.87. The fourth-order valence-electron chi connectivity index (χ4n) is 3.08. The third-order valence-corrected chi connectivity index (χ3v) is 4.21. The number of carboxylic acid groups (broad SMARTS) is 1. The lowest BCUT2D eigenvalue weighted by Gasteiger charge is -2.32. The zero-order valence-corrected chi connectivity index (χ0v) is 13.6. The van der Waals surface area contributed by atoms with Gasteiger partial charge in [-0.15, -0.1) is 0 Å². The van der Waals surface area contributed by atoms with Crippen molar-refractivity contribution in [3.05, 3.63) is 17.5 Å². The van der Waals surface area contributed by atoms with Gasteiger partial charge in [-0.2, -0.15) is 5.10 Å². The molecule has 1 aromatic rings. The van der Waals surface area contributed by atoms with Crippen LogP contribution in [0.2, 0.25) is 0 Å². The van der Waals surface area contributed by atoms with Crippen LogP contribution >= 0.6 is 0 Å². The normalized spacial score (nSPS) is 18.7. The Labute approximate surface area is 131 Å². The van der Waals surface area contributed by atoms with Crippen LogP contribution in [0.5, 0.6) is 0 Å². The molecule has 2 heterocycles. The van der Waals surface area contributed by atoms with Gasteiger partial charge in [-0.1, -0.05) is 13.8 Å². The van der Waals surface area contributed by atoms with Crippen molar-refractivity contribution >= 4 is 11.9 Å². The van der Waals surface area contributed by atoms with Crippen molar-refractivity contribution in [3.8, 4) is 0 Å². The van der Waals surface area contributed by atoms with Crippen molar-refractivity contribution in [2.75, 3.05) is 13.1 Å². The standard InChI is InChI=1S/C16H25N3O3/c1-11(2)15-13(10-18(3)17-15)16(22)19-8-4-5-12(9-19)6-7-14(20)21/h10-12H,4-9H2,1-3H3,(H,20,21). The molecule has 122 valence electrons. The summed E-state index contributed by atoms with van der Waals surface area (Å²) in [5, 5.41) is 13.2. The molecule has 1 amide bonds. The van der Waals surface area contributed by atoms with E-state index in [0.717, 1.165) is 25.1 Å². The second-order valence-corrected chi connectivity index (χ2v) is 6.45. The van der Waals surface area contributed by atoms with E-state index in [1.807, 2.05) is 25.8 Å². The van der Waals surface area contributed by atoms with Gasteiger partial charge >= 0.3 is 5.97 Å². The lowest BCUT2D eigenvalue weighted by Crippen LogP contribution is -2.40. The number of hydrogen-bond donors (Lipinski definition) is 1. The second-order valence-electron chi connectivity index (χ2n) is 6.45. The zero-order valence-electron chi connectivity index (χ0n) is 13.6. The molecule has 1 saturated heterocycles. The molecule has 1 aromatic heterocycles. The highest BCUT2D eigenvalue weighted by atomic mass is 16.4. The Morgan fingerprint density at radius 2 is 2.18 bits per heavy atom. The van der Waals surface area contributed by atoms with E-state index >= 15 is 0 Å². The van der Waals surface area contributed by atoms with E-state index in [1.54, 1.807) is 10.9 Å². The van der Waals surface area contributed by atoms with Crippen LogP contribution in [0.1, 0.15) is 61.5 Å². The zero-order chi connectivity index (χ0) is 16.3. The fraction of sp³-hybridized carbons (Fsp3) is 0.688. The summed E-state index contributed by atoms with van der Waals surface area (Å²) >= 11 is 0. The molecule has 0 spiro atoms. The summed E-state index contributed by atoms with van der Waals surface area (Å²) in [6.45, 7) is 5.46. The lowest BCUT2D eigenvalue weighted by atomic mass is 9.93. The Morgan fingerprint density at radius 1 is 1.45 bits per heavy atom. The maximum atomic E-state index is 12.8. The second kappa shape index (κ2) is 6.94. The number of rotatable bonds is 5. The Morgan fingerprint density at radius 3 is 2.82 bits per heavy atom. The van der Waals surface area contributed by atoms with E-state index in [-0.39, 0.29) is 24.2 Å². The highest BCUT2D eigenvalue weighted by Gasteiger charge is 2.28. The summed E-state index contributed by atoms with van der Waals surface area (Å²) in [5.41, 5.74) is 1.51. The number of hydrogen-bond acceptors (Lipinski definition) is 3. The van der Waals surface area contributed by atoms with Gasteiger partial charge in [0.15, 0.2) is 0 Å². The SMILES string of the molecule is CC(C)c1nn(C)cc1C(=O)N1CCCC(CCC(=O)O)C1. The molecule has 6 heteroatoms. The van der Waals surface area contributed by atoms with Gasteiger partial charge in [0.05, 0.1) is 11.3 Å². The molecule has 0 aliphatic carbocycles. The van der Waals surface area contributed by atoms with Crippen LogP contribution in [0, 0.1) is 5.92 Å². The topological polar surface area (TPSA) is 75.4 Å². The van der Waals surface area contributed by atoms with Crippen LogP contribution in [0.3, 0.4) is 0 Å². The van der Waals surface area contributed by atoms with E-state index < -0.39 is 5.97 Å². The van der Waals surface area contributed by atoms with E-state index in [2.05, 4.69) is 5.10 Å². The van der Waals surface area contributed by atoms with Gasteiger partial charge in [-0.05, 0) is 31.1 Å². The number of carboxylic acids is 1. The predicted octanol–water partition coefficient (Wildman–Crippen LogP) is 2.26. The van der Waals surface area contributed by atoms with Crippen LogP contribution in [0.15, 0.2) is 6.20 Å². The largest absolute Gasteiger partial charge is 0.481 e. The number of aliphatic carboxylic acids is 1. The predicted molar refractivity (Wildman–Crippen MR) is 82.8 cm³/mol. The minimum absolute atomic E-state index is 0.0248. The maximum Gasteiger partial charge on any atom is 0.303 e. The van der Waals surface area contributed by atoms with E-state index in [0.29, 0.717) is 18.5 Å². The number of piperidine rings is 1. The minimum Gasteiger partial charge on any atom is -0.481 e. The molecule has 22 heavy (non-hydrogen) atoms. The van der Waals surface area contributed by atoms with Gasteiger partial charge in [0.2, 0.25) is 0 Å². The van der Waals surface area contributed by atoms with Gasteiger partial charge in [0.25, 0.3) is 5.91 Å². The lowest BCUT2D eigenvalue weighted by molar-refractivity contribution is -0.137. The van der Waals surface area contributed by atoms with Crippen LogP contribution in [0.25, 0.3) is 0 Å². The Balaban J connectivity index is 2.07.